The lowest BCUT2D eigenvalue weighted by Gasteiger charge is -2.27. The highest BCUT2D eigenvalue weighted by molar-refractivity contribution is 7.99. The van der Waals surface area contributed by atoms with Crippen LogP contribution in [0.4, 0.5) is 10.3 Å². The summed E-state index contributed by atoms with van der Waals surface area (Å²) in [6, 6.07) is 5.93. The molecule has 1 amide bonds. The van der Waals surface area contributed by atoms with Crippen LogP contribution < -0.4 is 10.2 Å². The van der Waals surface area contributed by atoms with Crippen LogP contribution in [0.2, 0.25) is 0 Å². The number of carbonyl (C=O) groups is 1. The van der Waals surface area contributed by atoms with Crippen molar-refractivity contribution in [1.82, 2.24) is 20.1 Å². The number of thioether (sulfide) groups is 1. The molecular formula is C17H22FN5O2S. The van der Waals surface area contributed by atoms with Crippen LogP contribution in [0, 0.1) is 5.82 Å². The molecule has 0 bridgehead atoms. The van der Waals surface area contributed by atoms with Crippen LogP contribution in [0.1, 0.15) is 18.5 Å². The number of ether oxygens (including phenoxy) is 1. The number of aromatic nitrogens is 3. The third-order valence-electron chi connectivity index (χ3n) is 4.19. The summed E-state index contributed by atoms with van der Waals surface area (Å²) in [5.74, 6) is 0.625. The van der Waals surface area contributed by atoms with Crippen LogP contribution in [0.25, 0.3) is 0 Å². The van der Waals surface area contributed by atoms with Gasteiger partial charge >= 0.3 is 0 Å². The first kappa shape index (κ1) is 18.7. The van der Waals surface area contributed by atoms with Gasteiger partial charge in [-0.3, -0.25) is 9.36 Å². The lowest BCUT2D eigenvalue weighted by Crippen LogP contribution is -2.37. The molecule has 1 saturated heterocycles. The third-order valence-corrected chi connectivity index (χ3v) is 5.21. The zero-order valence-corrected chi connectivity index (χ0v) is 15.6. The van der Waals surface area contributed by atoms with Gasteiger partial charge in [-0.25, -0.2) is 4.39 Å². The number of amides is 1. The third kappa shape index (κ3) is 4.53. The van der Waals surface area contributed by atoms with Gasteiger partial charge in [0.05, 0.1) is 25.0 Å². The van der Waals surface area contributed by atoms with E-state index in [1.54, 1.807) is 12.1 Å². The van der Waals surface area contributed by atoms with Gasteiger partial charge in [0.2, 0.25) is 11.9 Å². The first-order valence-corrected chi connectivity index (χ1v) is 9.43. The molecule has 1 aliphatic heterocycles. The van der Waals surface area contributed by atoms with Crippen LogP contribution in [0.3, 0.4) is 0 Å². The number of anilines is 1. The van der Waals surface area contributed by atoms with Crippen molar-refractivity contribution in [2.45, 2.75) is 18.1 Å². The van der Waals surface area contributed by atoms with Crippen LogP contribution >= 0.6 is 11.8 Å². The first-order chi connectivity index (χ1) is 12.5. The smallest absolute Gasteiger partial charge is 0.230 e. The van der Waals surface area contributed by atoms with Crippen LogP contribution in [0.15, 0.2) is 29.4 Å². The molecule has 0 saturated carbocycles. The largest absolute Gasteiger partial charge is 0.378 e. The van der Waals surface area contributed by atoms with E-state index >= 15 is 0 Å². The van der Waals surface area contributed by atoms with Crippen molar-refractivity contribution in [2.24, 2.45) is 7.05 Å². The number of carbonyl (C=O) groups excluding carboxylic acids is 1. The second-order valence-electron chi connectivity index (χ2n) is 6.07. The van der Waals surface area contributed by atoms with E-state index in [1.807, 2.05) is 18.5 Å². The SMILES string of the molecule is CC(NC(=O)CSc1nnc(N2CCOCC2)n1C)c1ccc(F)cc1. The highest BCUT2D eigenvalue weighted by atomic mass is 32.2. The Kier molecular flexibility index (Phi) is 6.10. The molecule has 26 heavy (non-hydrogen) atoms. The van der Waals surface area contributed by atoms with Crippen molar-refractivity contribution in [1.29, 1.82) is 0 Å². The molecule has 1 fully saturated rings. The highest BCUT2D eigenvalue weighted by Gasteiger charge is 2.19. The molecular weight excluding hydrogens is 357 g/mol. The summed E-state index contributed by atoms with van der Waals surface area (Å²) < 4.78 is 20.2. The van der Waals surface area contributed by atoms with Gasteiger partial charge in [-0.15, -0.1) is 10.2 Å². The summed E-state index contributed by atoms with van der Waals surface area (Å²) in [4.78, 5) is 14.3. The second kappa shape index (κ2) is 8.50. The number of nitrogens with zero attached hydrogens (tertiary/aromatic N) is 4. The van der Waals surface area contributed by atoms with Crippen molar-refractivity contribution in [3.63, 3.8) is 0 Å². The zero-order valence-electron chi connectivity index (χ0n) is 14.8. The molecule has 2 heterocycles. The van der Waals surface area contributed by atoms with Gasteiger partial charge in [0.25, 0.3) is 0 Å². The van der Waals surface area contributed by atoms with E-state index in [1.165, 1.54) is 23.9 Å². The quantitative estimate of drug-likeness (QED) is 0.771. The standard InChI is InChI=1S/C17H22FN5O2S/c1-12(13-3-5-14(18)6-4-13)19-15(24)11-26-17-21-20-16(22(17)2)23-7-9-25-10-8-23/h3-6,12H,7-11H2,1-2H3,(H,19,24). The topological polar surface area (TPSA) is 72.3 Å². The molecule has 1 aromatic heterocycles. The molecule has 0 radical (unpaired) electrons. The number of rotatable bonds is 6. The van der Waals surface area contributed by atoms with E-state index in [4.69, 9.17) is 4.74 Å². The maximum absolute atomic E-state index is 13.0. The second-order valence-corrected chi connectivity index (χ2v) is 7.01. The van der Waals surface area contributed by atoms with E-state index in [9.17, 15) is 9.18 Å². The van der Waals surface area contributed by atoms with Crippen LogP contribution in [-0.4, -0.2) is 52.7 Å². The van der Waals surface area contributed by atoms with Crippen molar-refractivity contribution >= 4 is 23.6 Å². The van der Waals surface area contributed by atoms with Gasteiger partial charge in [-0.2, -0.15) is 0 Å². The van der Waals surface area contributed by atoms with E-state index in [0.717, 1.165) is 24.6 Å². The fourth-order valence-electron chi connectivity index (χ4n) is 2.72. The van der Waals surface area contributed by atoms with E-state index in [0.29, 0.717) is 18.4 Å². The first-order valence-electron chi connectivity index (χ1n) is 8.44. The molecule has 1 atom stereocenters. The van der Waals surface area contributed by atoms with Gasteiger partial charge < -0.3 is 15.0 Å². The van der Waals surface area contributed by atoms with Gasteiger partial charge in [-0.1, -0.05) is 23.9 Å². The van der Waals surface area contributed by atoms with Crippen LogP contribution in [0.5, 0.6) is 0 Å². The Bertz CT molecular complexity index is 746. The Morgan fingerprint density at radius 2 is 2.00 bits per heavy atom. The average molecular weight is 379 g/mol. The minimum atomic E-state index is -0.291. The fraction of sp³-hybridized carbons (Fsp3) is 0.471. The minimum Gasteiger partial charge on any atom is -0.378 e. The van der Waals surface area contributed by atoms with Crippen molar-refractivity contribution in [2.75, 3.05) is 37.0 Å². The van der Waals surface area contributed by atoms with Crippen LogP contribution in [-0.2, 0) is 16.6 Å². The van der Waals surface area contributed by atoms with Crippen molar-refractivity contribution in [3.8, 4) is 0 Å². The summed E-state index contributed by atoms with van der Waals surface area (Å²) in [6.07, 6.45) is 0. The molecule has 1 N–H and O–H groups in total. The van der Waals surface area contributed by atoms with E-state index < -0.39 is 0 Å². The summed E-state index contributed by atoms with van der Waals surface area (Å²) in [5, 5.41) is 12.0. The van der Waals surface area contributed by atoms with E-state index in [-0.39, 0.29) is 23.5 Å². The fourth-order valence-corrected chi connectivity index (χ4v) is 3.44. The zero-order chi connectivity index (χ0) is 18.5. The highest BCUT2D eigenvalue weighted by Crippen LogP contribution is 2.21. The maximum Gasteiger partial charge on any atom is 0.230 e. The number of halogens is 1. The molecule has 1 aliphatic rings. The summed E-state index contributed by atoms with van der Waals surface area (Å²) in [5.41, 5.74) is 0.859. The Hall–Kier alpha value is -2.13. The number of hydrogen-bond donors (Lipinski definition) is 1. The number of benzene rings is 1. The Morgan fingerprint density at radius 1 is 1.31 bits per heavy atom. The monoisotopic (exact) mass is 379 g/mol. The molecule has 1 aromatic carbocycles. The molecule has 2 aromatic rings. The Balaban J connectivity index is 1.53. The molecule has 3 rings (SSSR count). The molecule has 0 spiro atoms. The lowest BCUT2D eigenvalue weighted by molar-refractivity contribution is -0.119. The minimum absolute atomic E-state index is 0.109. The normalized spacial score (nSPS) is 15.7. The summed E-state index contributed by atoms with van der Waals surface area (Å²) >= 11 is 1.34. The van der Waals surface area contributed by atoms with Gasteiger partial charge in [-0.05, 0) is 24.6 Å². The Morgan fingerprint density at radius 3 is 2.69 bits per heavy atom. The summed E-state index contributed by atoms with van der Waals surface area (Å²) in [6.45, 7) is 4.80. The number of nitrogens with one attached hydrogen (secondary N) is 1. The molecule has 9 heteroatoms. The van der Waals surface area contributed by atoms with Crippen molar-refractivity contribution in [3.05, 3.63) is 35.6 Å². The average Bonchev–Trinajstić information content (AvgIpc) is 3.02. The van der Waals surface area contributed by atoms with Gasteiger partial charge in [0.15, 0.2) is 5.16 Å². The molecule has 1 unspecified atom stereocenters. The predicted octanol–water partition coefficient (Wildman–Crippen LogP) is 1.76. The molecule has 7 nitrogen and oxygen atoms in total. The molecule has 140 valence electrons. The van der Waals surface area contributed by atoms with Crippen molar-refractivity contribution < 1.29 is 13.9 Å². The van der Waals surface area contributed by atoms with Gasteiger partial charge in [0, 0.05) is 20.1 Å². The lowest BCUT2D eigenvalue weighted by atomic mass is 10.1. The molecule has 0 aliphatic carbocycles. The Labute approximate surface area is 155 Å². The summed E-state index contributed by atoms with van der Waals surface area (Å²) in [7, 11) is 1.90. The number of hydrogen-bond acceptors (Lipinski definition) is 6. The van der Waals surface area contributed by atoms with E-state index in [2.05, 4.69) is 20.4 Å². The number of morpholine rings is 1. The van der Waals surface area contributed by atoms with Gasteiger partial charge in [0.1, 0.15) is 5.82 Å². The maximum atomic E-state index is 13.0. The predicted molar refractivity (Wildman–Crippen MR) is 97.7 cm³/mol.